The molecule has 3 aromatic rings. The average Bonchev–Trinajstić information content (AvgIpc) is 3.95. The summed E-state index contributed by atoms with van der Waals surface area (Å²) in [6, 6.07) is 4.38. The monoisotopic (exact) mass is 774 g/mol. The molecular weight excluding hydrogens is 744 g/mol. The molecular formula is C36H30N4O16. The van der Waals surface area contributed by atoms with E-state index in [0.29, 0.717) is 0 Å². The summed E-state index contributed by atoms with van der Waals surface area (Å²) < 4.78 is 39.8. The van der Waals surface area contributed by atoms with Crippen LogP contribution in [0.4, 0.5) is 0 Å². The summed E-state index contributed by atoms with van der Waals surface area (Å²) in [4.78, 5) is 122. The van der Waals surface area contributed by atoms with Gasteiger partial charge in [0, 0.05) is 0 Å². The Morgan fingerprint density at radius 1 is 0.339 bits per heavy atom. The number of fused-ring (bicyclic) bond motifs is 8. The molecule has 5 rings (SSSR count). The number of carbonyl (C=O) groups excluding carboxylic acids is 8. The molecule has 2 aliphatic heterocycles. The smallest absolute Gasteiger partial charge is 0.341 e. The molecule has 0 amide bonds. The average molecular weight is 775 g/mol. The van der Waals surface area contributed by atoms with Crippen molar-refractivity contribution >= 4 is 92.1 Å². The summed E-state index contributed by atoms with van der Waals surface area (Å²) in [5.41, 5.74) is -6.19. The Kier molecular flexibility index (Phi) is 11.1. The van der Waals surface area contributed by atoms with Gasteiger partial charge in [0.05, 0.1) is 124 Å². The minimum atomic E-state index is -1.12. The highest BCUT2D eigenvalue weighted by molar-refractivity contribution is 6.40. The number of hydrogen-bond donors (Lipinski definition) is 2. The molecule has 0 atom stereocenters. The molecule has 2 N–H and O–H groups in total. The fourth-order valence-corrected chi connectivity index (χ4v) is 5.96. The van der Waals surface area contributed by atoms with Crippen molar-refractivity contribution in [1.82, 2.24) is 19.9 Å². The van der Waals surface area contributed by atoms with E-state index in [9.17, 15) is 38.4 Å². The fraction of sp³-hybridized carbons (Fsp3) is 0.222. The molecule has 20 heteroatoms. The van der Waals surface area contributed by atoms with Crippen molar-refractivity contribution in [3.8, 4) is 0 Å². The number of carbonyl (C=O) groups is 8. The van der Waals surface area contributed by atoms with E-state index in [-0.39, 0.29) is 44.8 Å². The first-order chi connectivity index (χ1) is 26.7. The van der Waals surface area contributed by atoms with Crippen LogP contribution in [0.2, 0.25) is 0 Å². The molecule has 5 heterocycles. The summed E-state index contributed by atoms with van der Waals surface area (Å²) in [6.45, 7) is 0. The molecule has 20 nitrogen and oxygen atoms in total. The lowest BCUT2D eigenvalue weighted by Gasteiger charge is -2.06. The Labute approximate surface area is 314 Å². The van der Waals surface area contributed by atoms with Crippen LogP contribution >= 0.6 is 0 Å². The Morgan fingerprint density at radius 3 is 0.786 bits per heavy atom. The number of H-pyrrole nitrogens is 2. The van der Waals surface area contributed by atoms with E-state index in [1.807, 2.05) is 0 Å². The Hall–Kier alpha value is -7.64. The molecule has 290 valence electrons. The molecule has 8 bridgehead atoms. The third-order valence-electron chi connectivity index (χ3n) is 8.36. The molecule has 0 aromatic carbocycles. The van der Waals surface area contributed by atoms with Crippen molar-refractivity contribution in [2.24, 2.45) is 0 Å². The molecule has 56 heavy (non-hydrogen) atoms. The second-order valence-electron chi connectivity index (χ2n) is 11.2. The standard InChI is InChI=1S/C36H30N4O16/c1-49-29(41)21-13-9-15-23(31(43)51-3)25(33(45)53-5)17(38-15)11-19-27(35(47)55-7)28(36(48)56-8)20(40-19)12-18-26(34(46)54-6)24(32(44)52-4)16(39-18)10-14(37-13)22(21)30(42)50-2/h9-12,37-38H,1-8H3. The molecule has 3 aromatic heterocycles. The molecule has 0 saturated carbocycles. The molecule has 0 spiro atoms. The van der Waals surface area contributed by atoms with E-state index in [1.54, 1.807) is 0 Å². The Bertz CT molecular complexity index is 2350. The van der Waals surface area contributed by atoms with Crippen LogP contribution in [-0.2, 0) is 57.1 Å². The minimum Gasteiger partial charge on any atom is -0.465 e. The van der Waals surface area contributed by atoms with Gasteiger partial charge in [0.1, 0.15) is 22.3 Å². The van der Waals surface area contributed by atoms with Crippen molar-refractivity contribution in [2.45, 2.75) is 0 Å². The molecule has 2 aliphatic rings. The van der Waals surface area contributed by atoms with Crippen LogP contribution in [0, 0.1) is 0 Å². The van der Waals surface area contributed by atoms with Gasteiger partial charge >= 0.3 is 47.8 Å². The van der Waals surface area contributed by atoms with Gasteiger partial charge in [-0.3, -0.25) is 0 Å². The lowest BCUT2D eigenvalue weighted by Crippen LogP contribution is -2.11. The van der Waals surface area contributed by atoms with Crippen LogP contribution in [0.3, 0.4) is 0 Å². The maximum atomic E-state index is 13.4. The summed E-state index contributed by atoms with van der Waals surface area (Å²) in [7, 11) is 8.15. The van der Waals surface area contributed by atoms with Gasteiger partial charge in [-0.1, -0.05) is 0 Å². The third-order valence-corrected chi connectivity index (χ3v) is 8.36. The van der Waals surface area contributed by atoms with Crippen molar-refractivity contribution in [1.29, 1.82) is 0 Å². The Balaban J connectivity index is 2.23. The van der Waals surface area contributed by atoms with Crippen LogP contribution in [-0.4, -0.2) is 125 Å². The maximum absolute atomic E-state index is 13.4. The Morgan fingerprint density at radius 2 is 0.554 bits per heavy atom. The highest BCUT2D eigenvalue weighted by Crippen LogP contribution is 2.38. The number of hydrogen-bond acceptors (Lipinski definition) is 18. The topological polar surface area (TPSA) is 268 Å². The second kappa shape index (κ2) is 15.8. The van der Waals surface area contributed by atoms with Crippen molar-refractivity contribution in [3.63, 3.8) is 0 Å². The van der Waals surface area contributed by atoms with Gasteiger partial charge in [-0.15, -0.1) is 0 Å². The van der Waals surface area contributed by atoms with Crippen molar-refractivity contribution < 1.29 is 76.3 Å². The number of ether oxygens (including phenoxy) is 8. The molecule has 0 aliphatic carbocycles. The van der Waals surface area contributed by atoms with Crippen molar-refractivity contribution in [3.05, 3.63) is 69.3 Å². The zero-order valence-electron chi connectivity index (χ0n) is 30.7. The van der Waals surface area contributed by atoms with Crippen LogP contribution < -0.4 is 0 Å². The summed E-state index contributed by atoms with van der Waals surface area (Å²) in [5, 5.41) is 0. The summed E-state index contributed by atoms with van der Waals surface area (Å²) in [5.74, 6) is -8.82. The van der Waals surface area contributed by atoms with Crippen LogP contribution in [0.15, 0.2) is 24.3 Å². The number of aromatic nitrogens is 4. The van der Waals surface area contributed by atoms with E-state index in [1.165, 1.54) is 0 Å². The van der Waals surface area contributed by atoms with E-state index in [2.05, 4.69) is 19.9 Å². The zero-order chi connectivity index (χ0) is 41.2. The largest absolute Gasteiger partial charge is 0.465 e. The van der Waals surface area contributed by atoms with E-state index >= 15 is 0 Å². The van der Waals surface area contributed by atoms with Crippen molar-refractivity contribution in [2.75, 3.05) is 56.9 Å². The number of esters is 8. The van der Waals surface area contributed by atoms with Gasteiger partial charge in [0.2, 0.25) is 0 Å². The van der Waals surface area contributed by atoms with E-state index < -0.39 is 92.3 Å². The first-order valence-corrected chi connectivity index (χ1v) is 15.7. The lowest BCUT2D eigenvalue weighted by molar-refractivity contribution is -0.135. The van der Waals surface area contributed by atoms with Gasteiger partial charge in [-0.2, -0.15) is 0 Å². The zero-order valence-corrected chi connectivity index (χ0v) is 30.7. The summed E-state index contributed by atoms with van der Waals surface area (Å²) in [6.07, 6.45) is 0. The molecule has 0 saturated heterocycles. The van der Waals surface area contributed by atoms with Crippen LogP contribution in [0.1, 0.15) is 64.2 Å². The van der Waals surface area contributed by atoms with Gasteiger partial charge in [0.15, 0.2) is 0 Å². The van der Waals surface area contributed by atoms with Crippen LogP contribution in [0.25, 0.3) is 44.4 Å². The first kappa shape index (κ1) is 39.6. The van der Waals surface area contributed by atoms with E-state index in [4.69, 9.17) is 37.9 Å². The van der Waals surface area contributed by atoms with Crippen LogP contribution in [0.5, 0.6) is 0 Å². The highest BCUT2D eigenvalue weighted by Gasteiger charge is 2.37. The number of nitrogens with one attached hydrogen (secondary N) is 2. The lowest BCUT2D eigenvalue weighted by atomic mass is 10.0. The number of rotatable bonds is 8. The van der Waals surface area contributed by atoms with E-state index in [0.717, 1.165) is 81.1 Å². The molecule has 0 radical (unpaired) electrons. The van der Waals surface area contributed by atoms with Gasteiger partial charge < -0.3 is 47.9 Å². The number of nitrogens with zero attached hydrogens (tertiary/aromatic N) is 2. The third kappa shape index (κ3) is 6.58. The number of methoxy groups -OCH3 is 8. The van der Waals surface area contributed by atoms with Gasteiger partial charge in [-0.25, -0.2) is 48.3 Å². The SMILES string of the molecule is COC(=O)C1=C(C(=O)OC)c2cc3[nH]c(cc4[nH]c(cc5nc(cc1n2)C(C(=O)OC)=C5C(=O)OC)c(C(=O)OC)c4C(=O)OC)c(C(=O)OC)c3C(=O)OC. The maximum Gasteiger partial charge on any atom is 0.341 e. The second-order valence-corrected chi connectivity index (χ2v) is 11.2. The predicted octanol–water partition coefficient (Wildman–Crippen LogP) is 1.97. The van der Waals surface area contributed by atoms with Gasteiger partial charge in [0.25, 0.3) is 0 Å². The molecule has 0 unspecified atom stereocenters. The number of aromatic amines is 2. The quantitative estimate of drug-likeness (QED) is 0.245. The normalized spacial score (nSPS) is 12.0. The first-order valence-electron chi connectivity index (χ1n) is 15.7. The molecule has 0 fully saturated rings. The minimum absolute atomic E-state index is 0.229. The van der Waals surface area contributed by atoms with Gasteiger partial charge in [-0.05, 0) is 24.3 Å². The fourth-order valence-electron chi connectivity index (χ4n) is 5.96. The predicted molar refractivity (Wildman–Crippen MR) is 188 cm³/mol. The summed E-state index contributed by atoms with van der Waals surface area (Å²) >= 11 is 0. The highest BCUT2D eigenvalue weighted by atomic mass is 16.5.